The highest BCUT2D eigenvalue weighted by Gasteiger charge is 2.24. The first-order valence-corrected chi connectivity index (χ1v) is 6.91. The maximum Gasteiger partial charge on any atom is 0.230 e. The minimum Gasteiger partial charge on any atom is -0.393 e. The SMILES string of the molecule is CC(C)CCOCCNC(=O)C(C(N)=S)C(C)C. The molecule has 0 saturated carbocycles. The van der Waals surface area contributed by atoms with E-state index in [1.165, 1.54) is 0 Å². The summed E-state index contributed by atoms with van der Waals surface area (Å²) < 4.78 is 5.42. The van der Waals surface area contributed by atoms with Crippen LogP contribution in [0.25, 0.3) is 0 Å². The number of ether oxygens (including phenoxy) is 1. The van der Waals surface area contributed by atoms with Crippen LogP contribution in [-0.2, 0) is 9.53 Å². The van der Waals surface area contributed by atoms with Crippen LogP contribution in [-0.4, -0.2) is 30.7 Å². The smallest absolute Gasteiger partial charge is 0.230 e. The van der Waals surface area contributed by atoms with Gasteiger partial charge in [0.15, 0.2) is 0 Å². The number of carbonyl (C=O) groups excluding carboxylic acids is 1. The molecule has 1 atom stereocenters. The summed E-state index contributed by atoms with van der Waals surface area (Å²) in [4.78, 5) is 12.1. The Kier molecular flexibility index (Phi) is 8.93. The van der Waals surface area contributed by atoms with E-state index in [0.29, 0.717) is 19.1 Å². The fourth-order valence-electron chi connectivity index (χ4n) is 1.54. The van der Waals surface area contributed by atoms with E-state index in [9.17, 15) is 4.79 Å². The molecule has 5 heteroatoms. The van der Waals surface area contributed by atoms with Gasteiger partial charge in [0.25, 0.3) is 0 Å². The number of rotatable bonds is 9. The Bertz CT molecular complexity index is 268. The van der Waals surface area contributed by atoms with Crippen molar-refractivity contribution in [2.45, 2.75) is 34.1 Å². The van der Waals surface area contributed by atoms with Crippen LogP contribution in [0, 0.1) is 17.8 Å². The maximum atomic E-state index is 11.8. The lowest BCUT2D eigenvalue weighted by molar-refractivity contribution is -0.124. The fraction of sp³-hybridized carbons (Fsp3) is 0.846. The molecule has 0 aromatic rings. The van der Waals surface area contributed by atoms with E-state index in [4.69, 9.17) is 22.7 Å². The fourth-order valence-corrected chi connectivity index (χ4v) is 1.92. The third-order valence-electron chi connectivity index (χ3n) is 2.64. The van der Waals surface area contributed by atoms with Crippen LogP contribution in [0.4, 0.5) is 0 Å². The first kappa shape index (κ1) is 17.3. The molecule has 0 aliphatic heterocycles. The molecule has 0 radical (unpaired) electrons. The number of hydrogen-bond acceptors (Lipinski definition) is 3. The molecule has 0 aliphatic carbocycles. The number of nitrogens with one attached hydrogen (secondary N) is 1. The number of amides is 1. The molecule has 18 heavy (non-hydrogen) atoms. The molecule has 1 unspecified atom stereocenters. The minimum atomic E-state index is -0.393. The van der Waals surface area contributed by atoms with Crippen molar-refractivity contribution in [2.24, 2.45) is 23.5 Å². The molecule has 0 bridgehead atoms. The zero-order chi connectivity index (χ0) is 14.1. The lowest BCUT2D eigenvalue weighted by atomic mass is 9.95. The second-order valence-corrected chi connectivity index (χ2v) is 5.68. The molecular weight excluding hydrogens is 248 g/mol. The Morgan fingerprint density at radius 3 is 2.33 bits per heavy atom. The van der Waals surface area contributed by atoms with E-state index in [1.807, 2.05) is 13.8 Å². The van der Waals surface area contributed by atoms with Gasteiger partial charge in [0.2, 0.25) is 5.91 Å². The van der Waals surface area contributed by atoms with Crippen LogP contribution in [0.1, 0.15) is 34.1 Å². The second-order valence-electron chi connectivity index (χ2n) is 5.21. The van der Waals surface area contributed by atoms with Crippen LogP contribution >= 0.6 is 12.2 Å². The van der Waals surface area contributed by atoms with Crippen molar-refractivity contribution in [1.29, 1.82) is 0 Å². The summed E-state index contributed by atoms with van der Waals surface area (Å²) in [5, 5.41) is 2.80. The number of carbonyl (C=O) groups is 1. The number of thiocarbonyl (C=S) groups is 1. The molecule has 0 fully saturated rings. The van der Waals surface area contributed by atoms with Crippen molar-refractivity contribution in [3.8, 4) is 0 Å². The van der Waals surface area contributed by atoms with E-state index in [1.54, 1.807) is 0 Å². The standard InChI is InChI=1S/C13H26N2O2S/c1-9(2)5-7-17-8-6-15-13(16)11(10(3)4)12(14)18/h9-11H,5-8H2,1-4H3,(H2,14,18)(H,15,16). The topological polar surface area (TPSA) is 64.3 Å². The molecular formula is C13H26N2O2S. The van der Waals surface area contributed by atoms with Crippen LogP contribution in [0.15, 0.2) is 0 Å². The van der Waals surface area contributed by atoms with Gasteiger partial charge in [-0.2, -0.15) is 0 Å². The van der Waals surface area contributed by atoms with Crippen molar-refractivity contribution in [2.75, 3.05) is 19.8 Å². The van der Waals surface area contributed by atoms with Gasteiger partial charge in [-0.05, 0) is 18.3 Å². The summed E-state index contributed by atoms with van der Waals surface area (Å²) in [5.41, 5.74) is 5.56. The minimum absolute atomic E-state index is 0.107. The van der Waals surface area contributed by atoms with E-state index >= 15 is 0 Å². The molecule has 0 rings (SSSR count). The predicted molar refractivity (Wildman–Crippen MR) is 78.4 cm³/mol. The predicted octanol–water partition coefficient (Wildman–Crippen LogP) is 1.72. The molecule has 106 valence electrons. The Hall–Kier alpha value is -0.680. The monoisotopic (exact) mass is 274 g/mol. The van der Waals surface area contributed by atoms with Crippen LogP contribution < -0.4 is 11.1 Å². The Morgan fingerprint density at radius 2 is 1.89 bits per heavy atom. The first-order valence-electron chi connectivity index (χ1n) is 6.51. The number of hydrogen-bond donors (Lipinski definition) is 2. The van der Waals surface area contributed by atoms with Gasteiger partial charge in [-0.1, -0.05) is 39.9 Å². The van der Waals surface area contributed by atoms with Gasteiger partial charge < -0.3 is 15.8 Å². The van der Waals surface area contributed by atoms with Crippen molar-refractivity contribution < 1.29 is 9.53 Å². The summed E-state index contributed by atoms with van der Waals surface area (Å²) >= 11 is 4.90. The molecule has 1 amide bonds. The van der Waals surface area contributed by atoms with Crippen molar-refractivity contribution >= 4 is 23.1 Å². The summed E-state index contributed by atoms with van der Waals surface area (Å²) in [5.74, 6) is 0.254. The highest BCUT2D eigenvalue weighted by atomic mass is 32.1. The molecule has 0 heterocycles. The average molecular weight is 274 g/mol. The van der Waals surface area contributed by atoms with E-state index in [2.05, 4.69) is 19.2 Å². The zero-order valence-corrected chi connectivity index (χ0v) is 12.7. The van der Waals surface area contributed by atoms with Crippen molar-refractivity contribution in [3.63, 3.8) is 0 Å². The van der Waals surface area contributed by atoms with Gasteiger partial charge in [-0.15, -0.1) is 0 Å². The van der Waals surface area contributed by atoms with E-state index < -0.39 is 5.92 Å². The van der Waals surface area contributed by atoms with E-state index in [0.717, 1.165) is 13.0 Å². The Labute approximate surface area is 116 Å². The molecule has 0 aromatic heterocycles. The van der Waals surface area contributed by atoms with Gasteiger partial charge in [0, 0.05) is 13.2 Å². The lowest BCUT2D eigenvalue weighted by Crippen LogP contribution is -2.41. The molecule has 4 nitrogen and oxygen atoms in total. The molecule has 3 N–H and O–H groups in total. The van der Waals surface area contributed by atoms with Crippen molar-refractivity contribution in [3.05, 3.63) is 0 Å². The quantitative estimate of drug-likeness (QED) is 0.496. The highest BCUT2D eigenvalue weighted by molar-refractivity contribution is 7.80. The summed E-state index contributed by atoms with van der Waals surface area (Å²) in [6, 6.07) is 0. The van der Waals surface area contributed by atoms with Gasteiger partial charge in [-0.3, -0.25) is 4.79 Å². The first-order chi connectivity index (χ1) is 8.36. The van der Waals surface area contributed by atoms with Gasteiger partial charge in [0.1, 0.15) is 0 Å². The van der Waals surface area contributed by atoms with Crippen LogP contribution in [0.3, 0.4) is 0 Å². The molecule has 0 saturated heterocycles. The Balaban J connectivity index is 3.78. The highest BCUT2D eigenvalue weighted by Crippen LogP contribution is 2.11. The summed E-state index contributed by atoms with van der Waals surface area (Å²) in [6.07, 6.45) is 1.04. The Morgan fingerprint density at radius 1 is 1.28 bits per heavy atom. The summed E-state index contributed by atoms with van der Waals surface area (Å²) in [6.45, 7) is 9.94. The lowest BCUT2D eigenvalue weighted by Gasteiger charge is -2.18. The molecule has 0 spiro atoms. The summed E-state index contributed by atoms with van der Waals surface area (Å²) in [7, 11) is 0. The van der Waals surface area contributed by atoms with Crippen molar-refractivity contribution in [1.82, 2.24) is 5.32 Å². The van der Waals surface area contributed by atoms with E-state index in [-0.39, 0.29) is 16.8 Å². The largest absolute Gasteiger partial charge is 0.393 e. The zero-order valence-electron chi connectivity index (χ0n) is 11.9. The normalized spacial score (nSPS) is 12.8. The van der Waals surface area contributed by atoms with Gasteiger partial charge in [-0.25, -0.2) is 0 Å². The average Bonchev–Trinajstić information content (AvgIpc) is 2.21. The third-order valence-corrected chi connectivity index (χ3v) is 2.89. The maximum absolute atomic E-state index is 11.8. The number of nitrogens with two attached hydrogens (primary N) is 1. The third kappa shape index (κ3) is 7.61. The molecule has 0 aromatic carbocycles. The second kappa shape index (κ2) is 9.28. The van der Waals surface area contributed by atoms with Gasteiger partial charge >= 0.3 is 0 Å². The van der Waals surface area contributed by atoms with Crippen LogP contribution in [0.5, 0.6) is 0 Å². The van der Waals surface area contributed by atoms with Crippen LogP contribution in [0.2, 0.25) is 0 Å². The molecule has 0 aliphatic rings. The van der Waals surface area contributed by atoms with Gasteiger partial charge in [0.05, 0.1) is 17.5 Å².